The van der Waals surface area contributed by atoms with Crippen LogP contribution in [-0.2, 0) is 4.79 Å². The summed E-state index contributed by atoms with van der Waals surface area (Å²) in [6, 6.07) is 0.441. The number of nitrogens with zero attached hydrogens (tertiary/aromatic N) is 2. The first kappa shape index (κ1) is 13.4. The molecule has 0 saturated carbocycles. The number of hydrogen-bond acceptors (Lipinski definition) is 2. The molecule has 0 radical (unpaired) electrons. The number of halogens is 2. The van der Waals surface area contributed by atoms with E-state index in [0.29, 0.717) is 19.1 Å². The Morgan fingerprint density at radius 3 is 2.19 bits per heavy atom. The van der Waals surface area contributed by atoms with E-state index in [0.717, 1.165) is 25.9 Å². The third-order valence-corrected chi connectivity index (χ3v) is 3.29. The third-order valence-electron chi connectivity index (χ3n) is 3.29. The topological polar surface area (TPSA) is 23.6 Å². The first-order valence-electron chi connectivity index (χ1n) is 5.91. The second kappa shape index (κ2) is 6.13. The summed E-state index contributed by atoms with van der Waals surface area (Å²) in [4.78, 5) is 14.7. The van der Waals surface area contributed by atoms with Crippen LogP contribution in [0.5, 0.6) is 0 Å². The van der Waals surface area contributed by atoms with Crippen LogP contribution in [0.1, 0.15) is 26.7 Å². The van der Waals surface area contributed by atoms with Crippen LogP contribution in [0.25, 0.3) is 0 Å². The molecule has 3 nitrogen and oxygen atoms in total. The fraction of sp³-hybridized carbons (Fsp3) is 0.909. The number of amides is 1. The molecule has 0 atom stereocenters. The van der Waals surface area contributed by atoms with Crippen LogP contribution in [0.3, 0.4) is 0 Å². The van der Waals surface area contributed by atoms with Gasteiger partial charge in [-0.1, -0.05) is 13.8 Å². The molecule has 1 aliphatic heterocycles. The van der Waals surface area contributed by atoms with Crippen molar-refractivity contribution in [1.82, 2.24) is 9.80 Å². The summed E-state index contributed by atoms with van der Waals surface area (Å²) in [5, 5.41) is 0. The second-order valence-electron chi connectivity index (χ2n) is 4.08. The highest BCUT2D eigenvalue weighted by atomic mass is 19.3. The minimum atomic E-state index is -2.86. The van der Waals surface area contributed by atoms with E-state index in [1.165, 1.54) is 4.90 Å². The van der Waals surface area contributed by atoms with Gasteiger partial charge in [0.2, 0.25) is 0 Å². The lowest BCUT2D eigenvalue weighted by molar-refractivity contribution is -0.144. The summed E-state index contributed by atoms with van der Waals surface area (Å²) in [6.07, 6.45) is -1.25. The Labute approximate surface area is 95.4 Å². The SMILES string of the molecule is CCN(CC)C1CCN(C(=O)C(F)F)CC1. The van der Waals surface area contributed by atoms with Crippen molar-refractivity contribution in [3.05, 3.63) is 0 Å². The molecule has 0 aromatic rings. The maximum Gasteiger partial charge on any atom is 0.315 e. The number of likely N-dealkylation sites (tertiary alicyclic amines) is 1. The Bertz CT molecular complexity index is 224. The van der Waals surface area contributed by atoms with Crippen molar-refractivity contribution in [2.24, 2.45) is 0 Å². The van der Waals surface area contributed by atoms with E-state index in [2.05, 4.69) is 18.7 Å². The molecule has 1 saturated heterocycles. The minimum absolute atomic E-state index is 0.441. The normalized spacial score (nSPS) is 18.5. The van der Waals surface area contributed by atoms with Gasteiger partial charge in [0.25, 0.3) is 5.91 Å². The molecule has 0 aromatic carbocycles. The highest BCUT2D eigenvalue weighted by Crippen LogP contribution is 2.17. The van der Waals surface area contributed by atoms with E-state index in [9.17, 15) is 13.6 Å². The molecule has 0 spiro atoms. The van der Waals surface area contributed by atoms with Gasteiger partial charge in [0, 0.05) is 19.1 Å². The Morgan fingerprint density at radius 2 is 1.81 bits per heavy atom. The van der Waals surface area contributed by atoms with Gasteiger partial charge in [-0.2, -0.15) is 8.78 Å². The van der Waals surface area contributed by atoms with Crippen LogP contribution >= 0.6 is 0 Å². The molecule has 1 amide bonds. The summed E-state index contributed by atoms with van der Waals surface area (Å²) in [6.45, 7) is 7.07. The first-order chi connectivity index (χ1) is 7.60. The van der Waals surface area contributed by atoms with Gasteiger partial charge in [0.15, 0.2) is 0 Å². The molecule has 0 aliphatic carbocycles. The van der Waals surface area contributed by atoms with Gasteiger partial charge in [-0.05, 0) is 25.9 Å². The van der Waals surface area contributed by atoms with E-state index < -0.39 is 12.3 Å². The zero-order valence-electron chi connectivity index (χ0n) is 9.96. The van der Waals surface area contributed by atoms with Gasteiger partial charge in [-0.3, -0.25) is 4.79 Å². The molecule has 5 heteroatoms. The van der Waals surface area contributed by atoms with Crippen LogP contribution in [0.2, 0.25) is 0 Å². The van der Waals surface area contributed by atoms with Crippen molar-refractivity contribution >= 4 is 5.91 Å². The molecular weight excluding hydrogens is 214 g/mol. The molecule has 16 heavy (non-hydrogen) atoms. The minimum Gasteiger partial charge on any atom is -0.338 e. The van der Waals surface area contributed by atoms with E-state index >= 15 is 0 Å². The molecule has 0 unspecified atom stereocenters. The lowest BCUT2D eigenvalue weighted by Crippen LogP contribution is -2.48. The van der Waals surface area contributed by atoms with Crippen molar-refractivity contribution in [3.8, 4) is 0 Å². The first-order valence-corrected chi connectivity index (χ1v) is 5.91. The van der Waals surface area contributed by atoms with E-state index in [4.69, 9.17) is 0 Å². The molecule has 0 bridgehead atoms. The number of rotatable bonds is 4. The smallest absolute Gasteiger partial charge is 0.315 e. The maximum atomic E-state index is 12.2. The summed E-state index contributed by atoms with van der Waals surface area (Å²) in [5.41, 5.74) is 0. The largest absolute Gasteiger partial charge is 0.338 e. The zero-order valence-corrected chi connectivity index (χ0v) is 9.96. The van der Waals surface area contributed by atoms with Crippen molar-refractivity contribution in [1.29, 1.82) is 0 Å². The summed E-state index contributed by atoms with van der Waals surface area (Å²) in [5.74, 6) is -1.02. The lowest BCUT2D eigenvalue weighted by atomic mass is 10.0. The fourth-order valence-corrected chi connectivity index (χ4v) is 2.33. The maximum absolute atomic E-state index is 12.2. The van der Waals surface area contributed by atoms with Crippen LogP contribution in [0.4, 0.5) is 8.78 Å². The van der Waals surface area contributed by atoms with Gasteiger partial charge in [0.05, 0.1) is 0 Å². The number of hydrogen-bond donors (Lipinski definition) is 0. The van der Waals surface area contributed by atoms with Gasteiger partial charge in [-0.25, -0.2) is 0 Å². The van der Waals surface area contributed by atoms with E-state index in [1.54, 1.807) is 0 Å². The zero-order chi connectivity index (χ0) is 12.1. The van der Waals surface area contributed by atoms with Gasteiger partial charge in [-0.15, -0.1) is 0 Å². The third kappa shape index (κ3) is 3.14. The number of carbonyl (C=O) groups is 1. The Hall–Kier alpha value is -0.710. The van der Waals surface area contributed by atoms with Gasteiger partial charge >= 0.3 is 6.43 Å². The van der Waals surface area contributed by atoms with Crippen LogP contribution in [0.15, 0.2) is 0 Å². The van der Waals surface area contributed by atoms with Crippen molar-refractivity contribution in [2.75, 3.05) is 26.2 Å². The highest BCUT2D eigenvalue weighted by molar-refractivity contribution is 5.79. The monoisotopic (exact) mass is 234 g/mol. The molecule has 0 aromatic heterocycles. The lowest BCUT2D eigenvalue weighted by Gasteiger charge is -2.37. The Morgan fingerprint density at radius 1 is 1.31 bits per heavy atom. The molecular formula is C11H20F2N2O. The highest BCUT2D eigenvalue weighted by Gasteiger charge is 2.29. The number of alkyl halides is 2. The molecule has 94 valence electrons. The molecule has 1 aliphatic rings. The number of carbonyl (C=O) groups excluding carboxylic acids is 1. The predicted octanol–water partition coefficient (Wildman–Crippen LogP) is 1.58. The average molecular weight is 234 g/mol. The molecule has 1 fully saturated rings. The molecule has 0 N–H and O–H groups in total. The summed E-state index contributed by atoms with van der Waals surface area (Å²) in [7, 11) is 0. The summed E-state index contributed by atoms with van der Waals surface area (Å²) >= 11 is 0. The standard InChI is InChI=1S/C11H20F2N2O/c1-3-14(4-2)9-5-7-15(8-6-9)11(16)10(12)13/h9-10H,3-8H2,1-2H3. The molecule has 1 rings (SSSR count). The average Bonchev–Trinajstić information content (AvgIpc) is 2.30. The van der Waals surface area contributed by atoms with Crippen molar-refractivity contribution in [3.63, 3.8) is 0 Å². The van der Waals surface area contributed by atoms with Crippen molar-refractivity contribution in [2.45, 2.75) is 39.2 Å². The fourth-order valence-electron chi connectivity index (χ4n) is 2.33. The van der Waals surface area contributed by atoms with Crippen molar-refractivity contribution < 1.29 is 13.6 Å². The van der Waals surface area contributed by atoms with Gasteiger partial charge < -0.3 is 9.80 Å². The Balaban J connectivity index is 2.42. The predicted molar refractivity (Wildman–Crippen MR) is 58.5 cm³/mol. The van der Waals surface area contributed by atoms with Crippen LogP contribution < -0.4 is 0 Å². The Kier molecular flexibility index (Phi) is 5.12. The molecule has 1 heterocycles. The van der Waals surface area contributed by atoms with E-state index in [-0.39, 0.29) is 0 Å². The van der Waals surface area contributed by atoms with Crippen LogP contribution in [0, 0.1) is 0 Å². The quantitative estimate of drug-likeness (QED) is 0.737. The second-order valence-corrected chi connectivity index (χ2v) is 4.08. The number of piperidine rings is 1. The van der Waals surface area contributed by atoms with Gasteiger partial charge in [0.1, 0.15) is 0 Å². The van der Waals surface area contributed by atoms with Crippen LogP contribution in [-0.4, -0.2) is 54.4 Å². The van der Waals surface area contributed by atoms with E-state index in [1.807, 2.05) is 0 Å². The summed E-state index contributed by atoms with van der Waals surface area (Å²) < 4.78 is 24.4.